The number of nitrogens with zero attached hydrogens (tertiary/aromatic N) is 1. The molecule has 8 heteroatoms. The second kappa shape index (κ2) is 9.32. The zero-order valence-corrected chi connectivity index (χ0v) is 17.8. The molecule has 7 nitrogen and oxygen atoms in total. The number of carbonyl (C=O) groups excluding carboxylic acids is 1. The van der Waals surface area contributed by atoms with E-state index >= 15 is 0 Å². The molecule has 0 radical (unpaired) electrons. The monoisotopic (exact) mass is 432 g/mol. The molecule has 1 amide bonds. The van der Waals surface area contributed by atoms with E-state index in [1.165, 1.54) is 10.6 Å². The number of hydrogen-bond donors (Lipinski definition) is 1. The summed E-state index contributed by atoms with van der Waals surface area (Å²) in [7, 11) is -3.56. The van der Waals surface area contributed by atoms with Gasteiger partial charge in [-0.1, -0.05) is 12.1 Å². The summed E-state index contributed by atoms with van der Waals surface area (Å²) in [6, 6.07) is 10.9. The Labute approximate surface area is 177 Å². The zero-order valence-electron chi connectivity index (χ0n) is 17.0. The van der Waals surface area contributed by atoms with Crippen molar-refractivity contribution in [1.82, 2.24) is 9.62 Å². The molecule has 1 saturated heterocycles. The first-order valence-electron chi connectivity index (χ1n) is 10.5. The van der Waals surface area contributed by atoms with E-state index in [4.69, 9.17) is 9.15 Å². The Morgan fingerprint density at radius 3 is 2.50 bits per heavy atom. The summed E-state index contributed by atoms with van der Waals surface area (Å²) < 4.78 is 38.8. The van der Waals surface area contributed by atoms with E-state index in [2.05, 4.69) is 5.32 Å². The molecule has 1 unspecified atom stereocenters. The summed E-state index contributed by atoms with van der Waals surface area (Å²) in [6.07, 6.45) is 6.07. The molecule has 0 spiro atoms. The molecular formula is C22H28N2O5S. The first-order chi connectivity index (χ1) is 14.5. The molecule has 2 fully saturated rings. The smallest absolute Gasteiger partial charge is 0.251 e. The first kappa shape index (κ1) is 21.1. The van der Waals surface area contributed by atoms with E-state index in [9.17, 15) is 13.2 Å². The lowest BCUT2D eigenvalue weighted by Gasteiger charge is -2.27. The SMILES string of the molecule is O=C(NC1CC1)c1ccc(CN(Cc2ccco2)S(=O)(=O)CC2CCCCO2)cc1. The Bertz CT molecular complexity index is 930. The third kappa shape index (κ3) is 5.71. The van der Waals surface area contributed by atoms with Crippen LogP contribution in [0.2, 0.25) is 0 Å². The van der Waals surface area contributed by atoms with Crippen LogP contribution in [0.3, 0.4) is 0 Å². The van der Waals surface area contributed by atoms with Gasteiger partial charge in [0.05, 0.1) is 24.7 Å². The van der Waals surface area contributed by atoms with Crippen LogP contribution < -0.4 is 5.32 Å². The van der Waals surface area contributed by atoms with Crippen LogP contribution in [0.5, 0.6) is 0 Å². The van der Waals surface area contributed by atoms with E-state index in [1.54, 1.807) is 24.3 Å². The summed E-state index contributed by atoms with van der Waals surface area (Å²) in [5, 5.41) is 2.96. The second-order valence-electron chi connectivity index (χ2n) is 8.06. The van der Waals surface area contributed by atoms with Crippen LogP contribution in [0.15, 0.2) is 47.1 Å². The summed E-state index contributed by atoms with van der Waals surface area (Å²) >= 11 is 0. The summed E-state index contributed by atoms with van der Waals surface area (Å²) in [5.74, 6) is 0.470. The molecule has 1 aromatic carbocycles. The fraction of sp³-hybridized carbons (Fsp3) is 0.500. The van der Waals surface area contributed by atoms with Gasteiger partial charge in [0.1, 0.15) is 5.76 Å². The van der Waals surface area contributed by atoms with Gasteiger partial charge in [0, 0.05) is 24.8 Å². The molecule has 162 valence electrons. The molecule has 1 N–H and O–H groups in total. The molecule has 0 bridgehead atoms. The number of benzene rings is 1. The second-order valence-corrected chi connectivity index (χ2v) is 10.1. The predicted molar refractivity (Wildman–Crippen MR) is 112 cm³/mol. The van der Waals surface area contributed by atoms with Gasteiger partial charge in [0.15, 0.2) is 0 Å². The van der Waals surface area contributed by atoms with Gasteiger partial charge in [-0.15, -0.1) is 0 Å². The molecule has 1 saturated carbocycles. The number of ether oxygens (including phenoxy) is 1. The fourth-order valence-electron chi connectivity index (χ4n) is 3.57. The third-order valence-electron chi connectivity index (χ3n) is 5.46. The van der Waals surface area contributed by atoms with Gasteiger partial charge in [0.25, 0.3) is 5.91 Å². The number of nitrogens with one attached hydrogen (secondary N) is 1. The van der Waals surface area contributed by atoms with Crippen molar-refractivity contribution in [3.63, 3.8) is 0 Å². The minimum atomic E-state index is -3.56. The highest BCUT2D eigenvalue weighted by Crippen LogP contribution is 2.21. The van der Waals surface area contributed by atoms with Crippen LogP contribution in [-0.2, 0) is 27.8 Å². The van der Waals surface area contributed by atoms with Gasteiger partial charge in [-0.05, 0) is 61.9 Å². The molecule has 2 heterocycles. The number of rotatable bonds is 9. The van der Waals surface area contributed by atoms with E-state index < -0.39 is 10.0 Å². The molecule has 1 aliphatic heterocycles. The number of hydrogen-bond acceptors (Lipinski definition) is 5. The summed E-state index contributed by atoms with van der Waals surface area (Å²) in [4.78, 5) is 12.2. The van der Waals surface area contributed by atoms with Gasteiger partial charge in [-0.3, -0.25) is 4.79 Å². The lowest BCUT2D eigenvalue weighted by Crippen LogP contribution is -2.38. The maximum Gasteiger partial charge on any atom is 0.251 e. The third-order valence-corrected chi connectivity index (χ3v) is 7.30. The molecule has 4 rings (SSSR count). The maximum atomic E-state index is 13.2. The van der Waals surface area contributed by atoms with E-state index in [1.807, 2.05) is 12.1 Å². The van der Waals surface area contributed by atoms with Crippen LogP contribution in [0.25, 0.3) is 0 Å². The topological polar surface area (TPSA) is 88.9 Å². The number of furan rings is 1. The van der Waals surface area contributed by atoms with E-state index in [-0.39, 0.29) is 30.9 Å². The molecule has 1 aromatic heterocycles. The van der Waals surface area contributed by atoms with Crippen molar-refractivity contribution >= 4 is 15.9 Å². The highest BCUT2D eigenvalue weighted by Gasteiger charge is 2.29. The average molecular weight is 433 g/mol. The predicted octanol–water partition coefficient (Wildman–Crippen LogP) is 3.07. The quantitative estimate of drug-likeness (QED) is 0.658. The summed E-state index contributed by atoms with van der Waals surface area (Å²) in [5.41, 5.74) is 1.40. The normalized spacial score (nSPS) is 19.7. The highest BCUT2D eigenvalue weighted by atomic mass is 32.2. The Hall–Kier alpha value is -2.16. The Morgan fingerprint density at radius 2 is 1.87 bits per heavy atom. The largest absolute Gasteiger partial charge is 0.468 e. The molecule has 2 aromatic rings. The van der Waals surface area contributed by atoms with Crippen LogP contribution in [0, 0.1) is 0 Å². The van der Waals surface area contributed by atoms with Crippen LogP contribution in [-0.4, -0.2) is 43.1 Å². The number of sulfonamides is 1. The van der Waals surface area contributed by atoms with Crippen molar-refractivity contribution < 1.29 is 22.4 Å². The lowest BCUT2D eigenvalue weighted by molar-refractivity contribution is 0.0298. The molecule has 1 aliphatic carbocycles. The minimum Gasteiger partial charge on any atom is -0.468 e. The maximum absolute atomic E-state index is 13.2. The van der Waals surface area contributed by atoms with E-state index in [0.717, 1.165) is 37.7 Å². The first-order valence-corrected chi connectivity index (χ1v) is 12.1. The van der Waals surface area contributed by atoms with Gasteiger partial charge in [0.2, 0.25) is 10.0 Å². The van der Waals surface area contributed by atoms with Gasteiger partial charge >= 0.3 is 0 Å². The molecule has 30 heavy (non-hydrogen) atoms. The van der Waals surface area contributed by atoms with Crippen LogP contribution in [0.1, 0.15) is 53.8 Å². The number of amides is 1. The van der Waals surface area contributed by atoms with Crippen LogP contribution >= 0.6 is 0 Å². The Kier molecular flexibility index (Phi) is 6.55. The van der Waals surface area contributed by atoms with E-state index in [0.29, 0.717) is 24.0 Å². The van der Waals surface area contributed by atoms with Gasteiger partial charge in [-0.2, -0.15) is 4.31 Å². The van der Waals surface area contributed by atoms with Crippen molar-refractivity contribution in [3.8, 4) is 0 Å². The minimum absolute atomic E-state index is 0.0322. The van der Waals surface area contributed by atoms with Gasteiger partial charge < -0.3 is 14.5 Å². The summed E-state index contributed by atoms with van der Waals surface area (Å²) in [6.45, 7) is 0.981. The van der Waals surface area contributed by atoms with Gasteiger partial charge in [-0.25, -0.2) is 8.42 Å². The fourth-order valence-corrected chi connectivity index (χ4v) is 5.18. The van der Waals surface area contributed by atoms with Crippen molar-refractivity contribution in [3.05, 3.63) is 59.5 Å². The van der Waals surface area contributed by atoms with Crippen molar-refractivity contribution in [1.29, 1.82) is 0 Å². The van der Waals surface area contributed by atoms with Crippen molar-refractivity contribution in [2.45, 2.75) is 57.3 Å². The van der Waals surface area contributed by atoms with Crippen LogP contribution in [0.4, 0.5) is 0 Å². The zero-order chi connectivity index (χ0) is 21.0. The Morgan fingerprint density at radius 1 is 1.07 bits per heavy atom. The Balaban J connectivity index is 1.46. The molecule has 2 aliphatic rings. The van der Waals surface area contributed by atoms with Crippen molar-refractivity contribution in [2.75, 3.05) is 12.4 Å². The number of carbonyl (C=O) groups is 1. The van der Waals surface area contributed by atoms with Crippen molar-refractivity contribution in [2.24, 2.45) is 0 Å². The average Bonchev–Trinajstić information content (AvgIpc) is 3.40. The standard InChI is InChI=1S/C22H28N2O5S/c25-22(23-19-10-11-19)18-8-6-17(7-9-18)14-24(15-20-5-3-13-28-20)30(26,27)16-21-4-1-2-12-29-21/h3,5-9,13,19,21H,1-2,4,10-12,14-16H2,(H,23,25). The highest BCUT2D eigenvalue weighted by molar-refractivity contribution is 7.89. The molecular weight excluding hydrogens is 404 g/mol. The lowest BCUT2D eigenvalue weighted by atomic mass is 10.1. The molecule has 1 atom stereocenters.